The Balaban J connectivity index is 1.81. The highest BCUT2D eigenvalue weighted by Gasteiger charge is 2.19. The molecule has 3 aromatic rings. The molecule has 0 spiro atoms. The number of nitriles is 1. The lowest BCUT2D eigenvalue weighted by Crippen LogP contribution is -2.31. The Hall–Kier alpha value is -3.99. The second-order valence-electron chi connectivity index (χ2n) is 6.46. The third-order valence-corrected chi connectivity index (χ3v) is 4.35. The number of carbonyl (C=O) groups excluding carboxylic acids is 1. The van der Waals surface area contributed by atoms with E-state index in [1.54, 1.807) is 41.4 Å². The van der Waals surface area contributed by atoms with Crippen molar-refractivity contribution < 1.29 is 9.72 Å². The molecule has 2 aromatic carbocycles. The van der Waals surface area contributed by atoms with Gasteiger partial charge >= 0.3 is 0 Å². The van der Waals surface area contributed by atoms with E-state index in [0.717, 1.165) is 12.0 Å². The average Bonchev–Trinajstić information content (AvgIpc) is 3.24. The van der Waals surface area contributed by atoms with Crippen LogP contribution in [0.3, 0.4) is 0 Å². The van der Waals surface area contributed by atoms with Crippen LogP contribution in [0.2, 0.25) is 0 Å². The lowest BCUT2D eigenvalue weighted by molar-refractivity contribution is -0.384. The lowest BCUT2D eigenvalue weighted by Gasteiger charge is -2.21. The molecule has 0 aliphatic carbocycles. The standard InChI is InChI=1S/C21H19N5O3/c1-2-11-24(15-17-8-6-16(14-22)7-9-17)21(27)20-10-12-25(23-20)18-4-3-5-19(13-18)26(28)29/h3-10,12-13H,2,11,15H2,1H3. The summed E-state index contributed by atoms with van der Waals surface area (Å²) in [5.41, 5.74) is 2.21. The van der Waals surface area contributed by atoms with Gasteiger partial charge in [0.15, 0.2) is 5.69 Å². The van der Waals surface area contributed by atoms with Gasteiger partial charge in [0, 0.05) is 31.4 Å². The molecule has 0 saturated heterocycles. The SMILES string of the molecule is CCCN(Cc1ccc(C#N)cc1)C(=O)c1ccn(-c2cccc([N+](=O)[O-])c2)n1. The molecule has 0 aliphatic rings. The Morgan fingerprint density at radius 3 is 2.66 bits per heavy atom. The van der Waals surface area contributed by atoms with Crippen molar-refractivity contribution in [2.75, 3.05) is 6.54 Å². The van der Waals surface area contributed by atoms with Crippen LogP contribution in [0, 0.1) is 21.4 Å². The molecule has 1 aromatic heterocycles. The monoisotopic (exact) mass is 389 g/mol. The van der Waals surface area contributed by atoms with Gasteiger partial charge in [-0.2, -0.15) is 10.4 Å². The highest BCUT2D eigenvalue weighted by atomic mass is 16.6. The molecule has 8 heteroatoms. The maximum Gasteiger partial charge on any atom is 0.274 e. The number of nitrogens with zero attached hydrogens (tertiary/aromatic N) is 5. The second kappa shape index (κ2) is 8.80. The van der Waals surface area contributed by atoms with Crippen molar-refractivity contribution in [2.24, 2.45) is 0 Å². The first-order chi connectivity index (χ1) is 14.0. The molecule has 0 atom stereocenters. The average molecular weight is 389 g/mol. The summed E-state index contributed by atoms with van der Waals surface area (Å²) in [7, 11) is 0. The Labute approximate surface area is 167 Å². The lowest BCUT2D eigenvalue weighted by atomic mass is 10.1. The molecule has 1 amide bonds. The molecule has 8 nitrogen and oxygen atoms in total. The molecule has 0 saturated carbocycles. The number of carbonyl (C=O) groups is 1. The van der Waals surface area contributed by atoms with Crippen LogP contribution in [0.5, 0.6) is 0 Å². The molecule has 0 unspecified atom stereocenters. The van der Waals surface area contributed by atoms with Crippen LogP contribution in [0.4, 0.5) is 5.69 Å². The van der Waals surface area contributed by atoms with Crippen molar-refractivity contribution in [3.8, 4) is 11.8 Å². The van der Waals surface area contributed by atoms with Gasteiger partial charge in [-0.15, -0.1) is 0 Å². The first kappa shape index (κ1) is 19.8. The van der Waals surface area contributed by atoms with Crippen molar-refractivity contribution in [1.82, 2.24) is 14.7 Å². The van der Waals surface area contributed by atoms with Gasteiger partial charge in [0.1, 0.15) is 0 Å². The predicted molar refractivity (Wildman–Crippen MR) is 106 cm³/mol. The van der Waals surface area contributed by atoms with E-state index in [9.17, 15) is 14.9 Å². The fraction of sp³-hybridized carbons (Fsp3) is 0.190. The second-order valence-corrected chi connectivity index (χ2v) is 6.46. The van der Waals surface area contributed by atoms with E-state index in [1.807, 2.05) is 19.1 Å². The zero-order valence-electron chi connectivity index (χ0n) is 15.9. The largest absolute Gasteiger partial charge is 0.333 e. The van der Waals surface area contributed by atoms with E-state index in [4.69, 9.17) is 5.26 Å². The minimum Gasteiger partial charge on any atom is -0.333 e. The number of nitro groups is 1. The van der Waals surface area contributed by atoms with E-state index < -0.39 is 4.92 Å². The van der Waals surface area contributed by atoms with Gasteiger partial charge in [-0.05, 0) is 36.2 Å². The summed E-state index contributed by atoms with van der Waals surface area (Å²) in [6.45, 7) is 2.95. The minimum absolute atomic E-state index is 0.0423. The number of benzene rings is 2. The zero-order chi connectivity index (χ0) is 20.8. The number of aromatic nitrogens is 2. The highest BCUT2D eigenvalue weighted by Crippen LogP contribution is 2.17. The van der Waals surface area contributed by atoms with Crippen LogP contribution in [0.1, 0.15) is 35.0 Å². The van der Waals surface area contributed by atoms with E-state index in [2.05, 4.69) is 11.2 Å². The molecule has 29 heavy (non-hydrogen) atoms. The molecule has 0 aliphatic heterocycles. The van der Waals surface area contributed by atoms with E-state index >= 15 is 0 Å². The maximum absolute atomic E-state index is 13.0. The molecule has 146 valence electrons. The summed E-state index contributed by atoms with van der Waals surface area (Å²) in [5.74, 6) is -0.222. The molecule has 0 bridgehead atoms. The Kier molecular flexibility index (Phi) is 6.00. The minimum atomic E-state index is -0.473. The van der Waals surface area contributed by atoms with Gasteiger partial charge in [0.2, 0.25) is 0 Å². The van der Waals surface area contributed by atoms with Crippen LogP contribution >= 0.6 is 0 Å². The molecule has 3 rings (SSSR count). The number of hydrogen-bond donors (Lipinski definition) is 0. The third kappa shape index (κ3) is 4.65. The molecule has 0 radical (unpaired) electrons. The first-order valence-electron chi connectivity index (χ1n) is 9.10. The molecular weight excluding hydrogens is 370 g/mol. The van der Waals surface area contributed by atoms with Crippen LogP contribution in [-0.4, -0.2) is 32.1 Å². The smallest absolute Gasteiger partial charge is 0.274 e. The van der Waals surface area contributed by atoms with Crippen molar-refractivity contribution >= 4 is 11.6 Å². The Morgan fingerprint density at radius 1 is 1.24 bits per heavy atom. The van der Waals surface area contributed by atoms with Gasteiger partial charge in [-0.3, -0.25) is 14.9 Å². The van der Waals surface area contributed by atoms with E-state index in [1.165, 1.54) is 16.8 Å². The Morgan fingerprint density at radius 2 is 2.00 bits per heavy atom. The van der Waals surface area contributed by atoms with Gasteiger partial charge in [-0.25, -0.2) is 4.68 Å². The number of rotatable bonds is 7. The number of amides is 1. The van der Waals surface area contributed by atoms with Gasteiger partial charge in [0.05, 0.1) is 22.2 Å². The van der Waals surface area contributed by atoms with Crippen LogP contribution in [-0.2, 0) is 6.54 Å². The van der Waals surface area contributed by atoms with Crippen LogP contribution < -0.4 is 0 Å². The zero-order valence-corrected chi connectivity index (χ0v) is 15.9. The van der Waals surface area contributed by atoms with Crippen LogP contribution in [0.25, 0.3) is 5.69 Å². The summed E-state index contributed by atoms with van der Waals surface area (Å²) < 4.78 is 1.45. The van der Waals surface area contributed by atoms with Crippen molar-refractivity contribution in [1.29, 1.82) is 5.26 Å². The van der Waals surface area contributed by atoms with Crippen molar-refractivity contribution in [3.05, 3.63) is 87.7 Å². The third-order valence-electron chi connectivity index (χ3n) is 4.35. The summed E-state index contributed by atoms with van der Waals surface area (Å²) in [4.78, 5) is 25.2. The summed E-state index contributed by atoms with van der Waals surface area (Å²) in [6, 6.07) is 16.9. The van der Waals surface area contributed by atoms with Gasteiger partial charge in [-0.1, -0.05) is 25.1 Å². The van der Waals surface area contributed by atoms with Crippen molar-refractivity contribution in [3.63, 3.8) is 0 Å². The number of hydrogen-bond acceptors (Lipinski definition) is 5. The molecule has 0 N–H and O–H groups in total. The Bertz CT molecular complexity index is 1070. The topological polar surface area (TPSA) is 105 Å². The van der Waals surface area contributed by atoms with Gasteiger partial charge in [0.25, 0.3) is 11.6 Å². The molecule has 0 fully saturated rings. The highest BCUT2D eigenvalue weighted by molar-refractivity contribution is 5.92. The molecular formula is C21H19N5O3. The quantitative estimate of drug-likeness (QED) is 0.452. The maximum atomic E-state index is 13.0. The van der Waals surface area contributed by atoms with Gasteiger partial charge < -0.3 is 4.90 Å². The van der Waals surface area contributed by atoms with E-state index in [-0.39, 0.29) is 17.3 Å². The fourth-order valence-corrected chi connectivity index (χ4v) is 2.92. The summed E-state index contributed by atoms with van der Waals surface area (Å²) >= 11 is 0. The summed E-state index contributed by atoms with van der Waals surface area (Å²) in [6.07, 6.45) is 2.39. The normalized spacial score (nSPS) is 10.3. The van der Waals surface area contributed by atoms with E-state index in [0.29, 0.717) is 24.3 Å². The molecule has 1 heterocycles. The number of nitro benzene ring substituents is 1. The summed E-state index contributed by atoms with van der Waals surface area (Å²) in [5, 5.41) is 24.2. The number of non-ortho nitro benzene ring substituents is 1. The van der Waals surface area contributed by atoms with Crippen LogP contribution in [0.15, 0.2) is 60.8 Å². The van der Waals surface area contributed by atoms with Crippen molar-refractivity contribution in [2.45, 2.75) is 19.9 Å². The first-order valence-corrected chi connectivity index (χ1v) is 9.10. The fourth-order valence-electron chi connectivity index (χ4n) is 2.92. The predicted octanol–water partition coefficient (Wildman–Crippen LogP) is 3.70.